The lowest BCUT2D eigenvalue weighted by Gasteiger charge is -2.15. The van der Waals surface area contributed by atoms with E-state index in [4.69, 9.17) is 11.6 Å². The first-order chi connectivity index (χ1) is 13.1. The Morgan fingerprint density at radius 3 is 2.74 bits per heavy atom. The van der Waals surface area contributed by atoms with Gasteiger partial charge in [-0.05, 0) is 30.3 Å². The summed E-state index contributed by atoms with van der Waals surface area (Å²) >= 11 is 7.21. The summed E-state index contributed by atoms with van der Waals surface area (Å²) < 4.78 is 0. The van der Waals surface area contributed by atoms with Crippen LogP contribution in [0.5, 0.6) is 0 Å². The summed E-state index contributed by atoms with van der Waals surface area (Å²) in [5.74, 6) is -0.272. The molecule has 0 saturated carbocycles. The molecule has 3 aromatic rings. The molecule has 1 aromatic heterocycles. The number of para-hydroxylation sites is 1. The zero-order valence-corrected chi connectivity index (χ0v) is 15.7. The summed E-state index contributed by atoms with van der Waals surface area (Å²) in [5, 5.41) is 12.6. The fourth-order valence-corrected chi connectivity index (χ4v) is 4.00. The molecule has 2 heterocycles. The van der Waals surface area contributed by atoms with Crippen LogP contribution in [0.1, 0.15) is 27.7 Å². The Labute approximate surface area is 164 Å². The number of anilines is 2. The molecule has 1 saturated heterocycles. The van der Waals surface area contributed by atoms with E-state index in [1.54, 1.807) is 29.2 Å². The molecular weight excluding hydrogens is 384 g/mol. The number of hydrogen-bond donors (Lipinski definition) is 1. The normalized spacial score (nSPS) is 16.6. The minimum absolute atomic E-state index is 0.0352. The van der Waals surface area contributed by atoms with Gasteiger partial charge in [-0.25, -0.2) is 0 Å². The molecule has 0 spiro atoms. The van der Waals surface area contributed by atoms with Gasteiger partial charge in [0.1, 0.15) is 5.01 Å². The van der Waals surface area contributed by atoms with Gasteiger partial charge in [0.2, 0.25) is 11.0 Å². The van der Waals surface area contributed by atoms with Gasteiger partial charge in [0.15, 0.2) is 0 Å². The SMILES string of the molecule is O=C(Nc1nnc(C2CC(=O)N(c3ccccc3)C2)s1)c1cccc(Cl)c1. The number of carbonyl (C=O) groups excluding carboxylic acids is 2. The van der Waals surface area contributed by atoms with Crippen LogP contribution in [0.25, 0.3) is 0 Å². The lowest BCUT2D eigenvalue weighted by molar-refractivity contribution is -0.117. The Kier molecular flexibility index (Phi) is 4.87. The van der Waals surface area contributed by atoms with Crippen molar-refractivity contribution < 1.29 is 9.59 Å². The van der Waals surface area contributed by atoms with Crippen molar-refractivity contribution in [2.45, 2.75) is 12.3 Å². The van der Waals surface area contributed by atoms with Gasteiger partial charge in [-0.1, -0.05) is 47.2 Å². The minimum Gasteiger partial charge on any atom is -0.312 e. The molecule has 1 N–H and O–H groups in total. The first-order valence-electron chi connectivity index (χ1n) is 8.36. The smallest absolute Gasteiger partial charge is 0.257 e. The Bertz CT molecular complexity index is 992. The number of benzene rings is 2. The van der Waals surface area contributed by atoms with Crippen LogP contribution >= 0.6 is 22.9 Å². The quantitative estimate of drug-likeness (QED) is 0.721. The summed E-state index contributed by atoms with van der Waals surface area (Å²) in [7, 11) is 0. The van der Waals surface area contributed by atoms with Crippen LogP contribution in [0.15, 0.2) is 54.6 Å². The fourth-order valence-electron chi connectivity index (χ4n) is 2.98. The molecule has 1 aliphatic heterocycles. The van der Waals surface area contributed by atoms with Gasteiger partial charge in [0, 0.05) is 35.2 Å². The Morgan fingerprint density at radius 2 is 1.96 bits per heavy atom. The highest BCUT2D eigenvalue weighted by atomic mass is 35.5. The van der Waals surface area contributed by atoms with Gasteiger partial charge in [-0.2, -0.15) is 0 Å². The maximum absolute atomic E-state index is 12.4. The number of nitrogens with zero attached hydrogens (tertiary/aromatic N) is 3. The highest BCUT2D eigenvalue weighted by Crippen LogP contribution is 2.34. The molecule has 1 aliphatic rings. The molecule has 0 aliphatic carbocycles. The van der Waals surface area contributed by atoms with Crippen molar-refractivity contribution in [2.75, 3.05) is 16.8 Å². The van der Waals surface area contributed by atoms with Crippen LogP contribution in [0.3, 0.4) is 0 Å². The van der Waals surface area contributed by atoms with E-state index in [1.807, 2.05) is 30.3 Å². The largest absolute Gasteiger partial charge is 0.312 e. The number of nitrogens with one attached hydrogen (secondary N) is 1. The molecule has 6 nitrogen and oxygen atoms in total. The van der Waals surface area contributed by atoms with Crippen molar-refractivity contribution in [2.24, 2.45) is 0 Å². The molecule has 2 aromatic carbocycles. The zero-order valence-electron chi connectivity index (χ0n) is 14.1. The second kappa shape index (κ2) is 7.46. The van der Waals surface area contributed by atoms with Gasteiger partial charge in [-0.3, -0.25) is 14.9 Å². The van der Waals surface area contributed by atoms with Crippen molar-refractivity contribution in [3.05, 3.63) is 70.2 Å². The first kappa shape index (κ1) is 17.6. The average molecular weight is 399 g/mol. The molecule has 0 bridgehead atoms. The third-order valence-corrected chi connectivity index (χ3v) is 5.53. The first-order valence-corrected chi connectivity index (χ1v) is 9.55. The van der Waals surface area contributed by atoms with Gasteiger partial charge in [0.25, 0.3) is 5.91 Å². The molecule has 2 amide bonds. The maximum atomic E-state index is 12.4. The van der Waals surface area contributed by atoms with Crippen LogP contribution in [-0.2, 0) is 4.79 Å². The summed E-state index contributed by atoms with van der Waals surface area (Å²) in [5.41, 5.74) is 1.33. The van der Waals surface area contributed by atoms with E-state index in [0.717, 1.165) is 10.7 Å². The third kappa shape index (κ3) is 3.84. The Hall–Kier alpha value is -2.77. The van der Waals surface area contributed by atoms with Crippen LogP contribution in [0.2, 0.25) is 5.02 Å². The second-order valence-electron chi connectivity index (χ2n) is 6.15. The molecule has 27 heavy (non-hydrogen) atoms. The highest BCUT2D eigenvalue weighted by molar-refractivity contribution is 7.15. The summed E-state index contributed by atoms with van der Waals surface area (Å²) in [6.07, 6.45) is 0.381. The van der Waals surface area contributed by atoms with Crippen molar-refractivity contribution in [1.29, 1.82) is 0 Å². The molecule has 1 fully saturated rings. The monoisotopic (exact) mass is 398 g/mol. The molecule has 4 rings (SSSR count). The van der Waals surface area contributed by atoms with E-state index in [0.29, 0.717) is 28.7 Å². The van der Waals surface area contributed by atoms with Crippen LogP contribution < -0.4 is 10.2 Å². The van der Waals surface area contributed by atoms with Crippen molar-refractivity contribution >= 4 is 45.6 Å². The van der Waals surface area contributed by atoms with E-state index >= 15 is 0 Å². The number of carbonyl (C=O) groups is 2. The molecule has 136 valence electrons. The number of hydrogen-bond acceptors (Lipinski definition) is 5. The van der Waals surface area contributed by atoms with Crippen molar-refractivity contribution in [1.82, 2.24) is 10.2 Å². The number of rotatable bonds is 4. The van der Waals surface area contributed by atoms with Gasteiger partial charge in [-0.15, -0.1) is 10.2 Å². The Morgan fingerprint density at radius 1 is 1.15 bits per heavy atom. The Balaban J connectivity index is 1.45. The van der Waals surface area contributed by atoms with Crippen molar-refractivity contribution in [3.63, 3.8) is 0 Å². The van der Waals surface area contributed by atoms with E-state index in [1.165, 1.54) is 11.3 Å². The average Bonchev–Trinajstić information content (AvgIpc) is 3.29. The lowest BCUT2D eigenvalue weighted by Crippen LogP contribution is -2.24. The van der Waals surface area contributed by atoms with Crippen LogP contribution in [0.4, 0.5) is 10.8 Å². The van der Waals surface area contributed by atoms with Crippen molar-refractivity contribution in [3.8, 4) is 0 Å². The predicted octanol–water partition coefficient (Wildman–Crippen LogP) is 3.96. The topological polar surface area (TPSA) is 75.2 Å². The highest BCUT2D eigenvalue weighted by Gasteiger charge is 2.33. The molecule has 1 unspecified atom stereocenters. The maximum Gasteiger partial charge on any atom is 0.257 e. The van der Waals surface area contributed by atoms with E-state index in [-0.39, 0.29) is 17.7 Å². The molecule has 8 heteroatoms. The number of aromatic nitrogens is 2. The summed E-state index contributed by atoms with van der Waals surface area (Å²) in [4.78, 5) is 26.4. The van der Waals surface area contributed by atoms with Crippen LogP contribution in [0, 0.1) is 0 Å². The van der Waals surface area contributed by atoms with Gasteiger partial charge < -0.3 is 4.90 Å². The lowest BCUT2D eigenvalue weighted by atomic mass is 10.1. The zero-order chi connectivity index (χ0) is 18.8. The predicted molar refractivity (Wildman–Crippen MR) is 105 cm³/mol. The molecule has 0 radical (unpaired) electrons. The van der Waals surface area contributed by atoms with E-state index in [2.05, 4.69) is 15.5 Å². The molecule has 1 atom stereocenters. The second-order valence-corrected chi connectivity index (χ2v) is 7.60. The number of halogens is 1. The van der Waals surface area contributed by atoms with Gasteiger partial charge in [0.05, 0.1) is 0 Å². The summed E-state index contributed by atoms with van der Waals surface area (Å²) in [6, 6.07) is 16.2. The van der Waals surface area contributed by atoms with Crippen LogP contribution in [-0.4, -0.2) is 28.6 Å². The molecular formula is C19H15ClN4O2S. The van der Waals surface area contributed by atoms with E-state index in [9.17, 15) is 9.59 Å². The fraction of sp³-hybridized carbons (Fsp3) is 0.158. The number of amides is 2. The standard InChI is InChI=1S/C19H15ClN4O2S/c20-14-6-4-5-12(9-14)17(26)21-19-23-22-18(27-19)13-10-16(25)24(11-13)15-7-2-1-3-8-15/h1-9,13H,10-11H2,(H,21,23,26). The van der Waals surface area contributed by atoms with E-state index < -0.39 is 0 Å². The summed E-state index contributed by atoms with van der Waals surface area (Å²) in [6.45, 7) is 0.555. The van der Waals surface area contributed by atoms with Gasteiger partial charge >= 0.3 is 0 Å². The third-order valence-electron chi connectivity index (χ3n) is 4.29. The minimum atomic E-state index is -0.298.